The second-order valence-corrected chi connectivity index (χ2v) is 11.5. The first-order chi connectivity index (χ1) is 17.0. The standard InChI is InChI=1S/C12H19ClN4O2.C9H12ClN3O3S/c1-12(2,8-18)16-11-14-9(13)7-10(15-11)17-3-5-19-6-4-17;1-17(14,15)9-11-7(10)6-8(12-9)13-2-4-16-5-3-13/h7,18H,3-6,8H2,1-2H3,(H,14,15,16);6H,2-5H2,1H3. The van der Waals surface area contributed by atoms with Crippen LogP contribution in [0.1, 0.15) is 13.8 Å². The Morgan fingerprint density at radius 2 is 1.39 bits per heavy atom. The molecule has 0 saturated carbocycles. The summed E-state index contributed by atoms with van der Waals surface area (Å²) in [5.41, 5.74) is -0.493. The predicted octanol–water partition coefficient (Wildman–Crippen LogP) is 1.52. The van der Waals surface area contributed by atoms with Crippen LogP contribution in [0.4, 0.5) is 17.6 Å². The quantitative estimate of drug-likeness (QED) is 0.388. The Morgan fingerprint density at radius 3 is 1.86 bits per heavy atom. The van der Waals surface area contributed by atoms with Crippen LogP contribution in [-0.4, -0.2) is 104 Å². The van der Waals surface area contributed by atoms with Gasteiger partial charge in [0.05, 0.1) is 38.6 Å². The first kappa shape index (κ1) is 28.5. The zero-order valence-electron chi connectivity index (χ0n) is 20.4. The maximum absolute atomic E-state index is 11.4. The van der Waals surface area contributed by atoms with Gasteiger partial charge in [-0.05, 0) is 13.8 Å². The Morgan fingerprint density at radius 1 is 0.917 bits per heavy atom. The van der Waals surface area contributed by atoms with E-state index in [1.165, 1.54) is 0 Å². The van der Waals surface area contributed by atoms with Crippen LogP contribution in [0.3, 0.4) is 0 Å². The number of hydrogen-bond acceptors (Lipinski definition) is 12. The third-order valence-corrected chi connectivity index (χ3v) is 6.42. The first-order valence-electron chi connectivity index (χ1n) is 11.3. The summed E-state index contributed by atoms with van der Waals surface area (Å²) in [4.78, 5) is 20.3. The molecule has 0 spiro atoms. The van der Waals surface area contributed by atoms with Gasteiger partial charge in [0.2, 0.25) is 20.9 Å². The van der Waals surface area contributed by atoms with Crippen LogP contribution in [0.25, 0.3) is 0 Å². The Labute approximate surface area is 220 Å². The minimum absolute atomic E-state index is 0.0181. The van der Waals surface area contributed by atoms with Crippen molar-refractivity contribution in [2.24, 2.45) is 0 Å². The molecule has 4 heterocycles. The van der Waals surface area contributed by atoms with Crippen LogP contribution in [0.15, 0.2) is 17.3 Å². The van der Waals surface area contributed by atoms with Crippen LogP contribution < -0.4 is 15.1 Å². The van der Waals surface area contributed by atoms with Crippen LogP contribution in [-0.2, 0) is 19.3 Å². The van der Waals surface area contributed by atoms with E-state index in [2.05, 4.69) is 30.2 Å². The molecule has 0 bridgehead atoms. The summed E-state index contributed by atoms with van der Waals surface area (Å²) in [7, 11) is -3.45. The van der Waals surface area contributed by atoms with E-state index in [-0.39, 0.29) is 16.9 Å². The first-order valence-corrected chi connectivity index (χ1v) is 14.0. The number of hydrogen-bond donors (Lipinski definition) is 2. The van der Waals surface area contributed by atoms with Crippen LogP contribution >= 0.6 is 23.2 Å². The molecule has 0 aliphatic carbocycles. The van der Waals surface area contributed by atoms with E-state index < -0.39 is 15.4 Å². The largest absolute Gasteiger partial charge is 0.394 e. The number of rotatable bonds is 6. The molecule has 2 fully saturated rings. The molecule has 2 aromatic heterocycles. The Bertz CT molecular complexity index is 1130. The zero-order valence-corrected chi connectivity index (χ0v) is 22.8. The van der Waals surface area contributed by atoms with E-state index in [0.717, 1.165) is 25.2 Å². The molecule has 36 heavy (non-hydrogen) atoms. The van der Waals surface area contributed by atoms with Crippen molar-refractivity contribution in [3.05, 3.63) is 22.4 Å². The molecular formula is C21H31Cl2N7O5S. The molecule has 2 aromatic rings. The molecule has 2 saturated heterocycles. The molecular weight excluding hydrogens is 533 g/mol. The van der Waals surface area contributed by atoms with E-state index in [1.54, 1.807) is 12.1 Å². The van der Waals surface area contributed by atoms with E-state index in [1.807, 2.05) is 18.7 Å². The average Bonchev–Trinajstić information content (AvgIpc) is 2.84. The molecule has 0 amide bonds. The van der Waals surface area contributed by atoms with Gasteiger partial charge in [0.1, 0.15) is 21.9 Å². The minimum Gasteiger partial charge on any atom is -0.394 e. The van der Waals surface area contributed by atoms with Gasteiger partial charge in [-0.2, -0.15) is 4.98 Å². The second-order valence-electron chi connectivity index (χ2n) is 8.84. The van der Waals surface area contributed by atoms with E-state index in [0.29, 0.717) is 56.4 Å². The number of morpholine rings is 2. The summed E-state index contributed by atoms with van der Waals surface area (Å²) in [5.74, 6) is 1.72. The minimum atomic E-state index is -3.45. The normalized spacial score (nSPS) is 16.8. The van der Waals surface area contributed by atoms with Crippen molar-refractivity contribution in [2.75, 3.05) is 80.6 Å². The van der Waals surface area contributed by atoms with Crippen molar-refractivity contribution in [1.29, 1.82) is 0 Å². The van der Waals surface area contributed by atoms with Crippen molar-refractivity contribution in [3.8, 4) is 0 Å². The van der Waals surface area contributed by atoms with Crippen LogP contribution in [0, 0.1) is 0 Å². The lowest BCUT2D eigenvalue weighted by atomic mass is 10.1. The number of halogens is 2. The van der Waals surface area contributed by atoms with Crippen LogP contribution in [0.5, 0.6) is 0 Å². The number of aliphatic hydroxyl groups is 1. The summed E-state index contributed by atoms with van der Waals surface area (Å²) in [6, 6.07) is 3.30. The Kier molecular flexibility index (Phi) is 9.89. The average molecular weight is 564 g/mol. The van der Waals surface area contributed by atoms with Gasteiger partial charge >= 0.3 is 0 Å². The summed E-state index contributed by atoms with van der Waals surface area (Å²) < 4.78 is 33.3. The summed E-state index contributed by atoms with van der Waals surface area (Å²) >= 11 is 11.8. The summed E-state index contributed by atoms with van der Waals surface area (Å²) in [6.45, 7) is 9.18. The highest BCUT2D eigenvalue weighted by Crippen LogP contribution is 2.21. The number of nitrogens with one attached hydrogen (secondary N) is 1. The van der Waals surface area contributed by atoms with Crippen molar-refractivity contribution in [2.45, 2.75) is 24.5 Å². The maximum atomic E-state index is 11.4. The van der Waals surface area contributed by atoms with Crippen molar-refractivity contribution >= 4 is 50.6 Å². The maximum Gasteiger partial charge on any atom is 0.250 e. The monoisotopic (exact) mass is 563 g/mol. The SMILES string of the molecule is CC(C)(CO)Nc1nc(Cl)cc(N2CCOCC2)n1.CS(=O)(=O)c1nc(Cl)cc(N2CCOCC2)n1. The van der Waals surface area contributed by atoms with Gasteiger partial charge in [-0.25, -0.2) is 23.4 Å². The molecule has 200 valence electrons. The molecule has 0 unspecified atom stereocenters. The number of aliphatic hydroxyl groups excluding tert-OH is 1. The fourth-order valence-corrected chi connectivity index (χ4v) is 4.19. The molecule has 0 aromatic carbocycles. The molecule has 0 atom stereocenters. The molecule has 2 N–H and O–H groups in total. The molecule has 0 radical (unpaired) electrons. The smallest absolute Gasteiger partial charge is 0.250 e. The fraction of sp³-hybridized carbons (Fsp3) is 0.619. The molecule has 4 rings (SSSR count). The lowest BCUT2D eigenvalue weighted by molar-refractivity contribution is 0.122. The molecule has 15 heteroatoms. The van der Waals surface area contributed by atoms with Crippen molar-refractivity contribution < 1.29 is 23.0 Å². The third-order valence-electron chi connectivity index (χ3n) is 5.19. The van der Waals surface area contributed by atoms with E-state index in [4.69, 9.17) is 32.7 Å². The number of sulfone groups is 1. The molecule has 2 aliphatic heterocycles. The third kappa shape index (κ3) is 8.53. The topological polar surface area (TPSA) is 143 Å². The van der Waals surface area contributed by atoms with Gasteiger partial charge in [-0.3, -0.25) is 0 Å². The van der Waals surface area contributed by atoms with Gasteiger partial charge < -0.3 is 29.7 Å². The van der Waals surface area contributed by atoms with Gasteiger partial charge in [0, 0.05) is 44.6 Å². The van der Waals surface area contributed by atoms with Gasteiger partial charge in [0.15, 0.2) is 0 Å². The molecule has 12 nitrogen and oxygen atoms in total. The second kappa shape index (κ2) is 12.5. The lowest BCUT2D eigenvalue weighted by Gasteiger charge is -2.29. The number of nitrogens with zero attached hydrogens (tertiary/aromatic N) is 6. The number of aromatic nitrogens is 4. The number of anilines is 3. The summed E-state index contributed by atoms with van der Waals surface area (Å²) in [6.07, 6.45) is 1.06. The highest BCUT2D eigenvalue weighted by Gasteiger charge is 2.20. The zero-order chi connectivity index (χ0) is 26.3. The van der Waals surface area contributed by atoms with Crippen LogP contribution in [0.2, 0.25) is 10.3 Å². The molecule has 2 aliphatic rings. The van der Waals surface area contributed by atoms with Gasteiger partial charge in [-0.15, -0.1) is 0 Å². The lowest BCUT2D eigenvalue weighted by Crippen LogP contribution is -2.38. The number of ether oxygens (including phenoxy) is 2. The fourth-order valence-electron chi connectivity index (χ4n) is 3.26. The highest BCUT2D eigenvalue weighted by atomic mass is 35.5. The van der Waals surface area contributed by atoms with Crippen molar-refractivity contribution in [3.63, 3.8) is 0 Å². The van der Waals surface area contributed by atoms with Gasteiger partial charge in [0.25, 0.3) is 0 Å². The van der Waals surface area contributed by atoms with E-state index in [9.17, 15) is 13.5 Å². The Balaban J connectivity index is 0.000000202. The predicted molar refractivity (Wildman–Crippen MR) is 138 cm³/mol. The Hall–Kier alpha value is -2.03. The van der Waals surface area contributed by atoms with E-state index >= 15 is 0 Å². The highest BCUT2D eigenvalue weighted by molar-refractivity contribution is 7.90. The summed E-state index contributed by atoms with van der Waals surface area (Å²) in [5, 5.41) is 12.6. The van der Waals surface area contributed by atoms with Crippen molar-refractivity contribution in [1.82, 2.24) is 19.9 Å². The van der Waals surface area contributed by atoms with Gasteiger partial charge in [-0.1, -0.05) is 23.2 Å².